The molecule has 0 radical (unpaired) electrons. The van der Waals surface area contributed by atoms with Crippen molar-refractivity contribution < 1.29 is 8.42 Å². The van der Waals surface area contributed by atoms with Crippen LogP contribution in [0.4, 0.5) is 5.69 Å². The fourth-order valence-corrected chi connectivity index (χ4v) is 3.18. The maximum Gasteiger partial charge on any atom is 0.264 e. The number of anilines is 1. The first kappa shape index (κ1) is 15.5. The van der Waals surface area contributed by atoms with Gasteiger partial charge in [-0.25, -0.2) is 8.42 Å². The van der Waals surface area contributed by atoms with Gasteiger partial charge in [0.1, 0.15) is 4.99 Å². The molecule has 0 aliphatic rings. The van der Waals surface area contributed by atoms with E-state index in [1.807, 2.05) is 6.92 Å². The van der Waals surface area contributed by atoms with Gasteiger partial charge in [0.15, 0.2) is 0 Å². The summed E-state index contributed by atoms with van der Waals surface area (Å²) in [6.45, 7) is 1.91. The van der Waals surface area contributed by atoms with Crippen molar-refractivity contribution in [2.45, 2.75) is 11.8 Å². The molecule has 4 nitrogen and oxygen atoms in total. The second-order valence-corrected chi connectivity index (χ2v) is 7.11. The number of benzene rings is 2. The maximum absolute atomic E-state index is 12.6. The molecule has 0 fully saturated rings. The second-order valence-electron chi connectivity index (χ2n) is 4.70. The van der Waals surface area contributed by atoms with Crippen molar-refractivity contribution in [3.05, 3.63) is 59.7 Å². The molecule has 0 atom stereocenters. The van der Waals surface area contributed by atoms with Gasteiger partial charge in [-0.2, -0.15) is 0 Å². The van der Waals surface area contributed by atoms with Crippen LogP contribution in [-0.4, -0.2) is 20.5 Å². The molecule has 0 unspecified atom stereocenters. The zero-order valence-corrected chi connectivity index (χ0v) is 13.4. The van der Waals surface area contributed by atoms with Crippen molar-refractivity contribution in [3.63, 3.8) is 0 Å². The van der Waals surface area contributed by atoms with Crippen molar-refractivity contribution in [2.24, 2.45) is 5.73 Å². The Balaban J connectivity index is 2.43. The van der Waals surface area contributed by atoms with Gasteiger partial charge in [-0.1, -0.05) is 42.0 Å². The van der Waals surface area contributed by atoms with E-state index in [0.717, 1.165) is 5.56 Å². The summed E-state index contributed by atoms with van der Waals surface area (Å²) in [5.41, 5.74) is 7.74. The van der Waals surface area contributed by atoms with Crippen LogP contribution >= 0.6 is 12.2 Å². The number of nitrogens with zero attached hydrogens (tertiary/aromatic N) is 1. The van der Waals surface area contributed by atoms with Crippen LogP contribution in [0.3, 0.4) is 0 Å². The third kappa shape index (κ3) is 3.22. The van der Waals surface area contributed by atoms with E-state index in [2.05, 4.69) is 0 Å². The number of aryl methyl sites for hydroxylation is 1. The Bertz CT molecular complexity index is 769. The fraction of sp³-hybridized carbons (Fsp3) is 0.133. The maximum atomic E-state index is 12.6. The highest BCUT2D eigenvalue weighted by molar-refractivity contribution is 7.92. The molecule has 2 rings (SSSR count). The minimum atomic E-state index is -3.60. The molecule has 2 aromatic carbocycles. The smallest absolute Gasteiger partial charge is 0.264 e. The van der Waals surface area contributed by atoms with Crippen molar-refractivity contribution in [2.75, 3.05) is 11.4 Å². The first-order chi connectivity index (χ1) is 9.82. The van der Waals surface area contributed by atoms with Crippen LogP contribution in [0.1, 0.15) is 11.1 Å². The molecule has 0 aliphatic carbocycles. The molecule has 2 aromatic rings. The number of thiocarbonyl (C=S) groups is 1. The highest BCUT2D eigenvalue weighted by atomic mass is 32.2. The first-order valence-electron chi connectivity index (χ1n) is 6.28. The Kier molecular flexibility index (Phi) is 4.29. The normalized spacial score (nSPS) is 11.1. The Labute approximate surface area is 130 Å². The van der Waals surface area contributed by atoms with Crippen LogP contribution in [-0.2, 0) is 10.0 Å². The SMILES string of the molecule is Cc1ccc(S(=O)(=O)N(C)c2cccc(C(N)=S)c2)cc1. The van der Waals surface area contributed by atoms with Crippen LogP contribution in [0.5, 0.6) is 0 Å². The summed E-state index contributed by atoms with van der Waals surface area (Å²) in [6.07, 6.45) is 0. The highest BCUT2D eigenvalue weighted by Crippen LogP contribution is 2.23. The van der Waals surface area contributed by atoms with Gasteiger partial charge < -0.3 is 5.73 Å². The first-order valence-corrected chi connectivity index (χ1v) is 8.12. The molecular formula is C15H16N2O2S2. The monoisotopic (exact) mass is 320 g/mol. The van der Waals surface area contributed by atoms with E-state index in [1.165, 1.54) is 11.4 Å². The molecule has 6 heteroatoms. The molecule has 0 aliphatic heterocycles. The number of hydrogen-bond donors (Lipinski definition) is 1. The number of sulfonamides is 1. The fourth-order valence-electron chi connectivity index (χ4n) is 1.86. The molecule has 0 aromatic heterocycles. The number of rotatable bonds is 4. The van der Waals surface area contributed by atoms with E-state index in [0.29, 0.717) is 11.3 Å². The molecule has 0 spiro atoms. The average Bonchev–Trinajstić information content (AvgIpc) is 2.47. The van der Waals surface area contributed by atoms with E-state index in [-0.39, 0.29) is 9.88 Å². The lowest BCUT2D eigenvalue weighted by Crippen LogP contribution is -2.26. The Hall–Kier alpha value is -1.92. The lowest BCUT2D eigenvalue weighted by molar-refractivity contribution is 0.594. The van der Waals surface area contributed by atoms with Crippen molar-refractivity contribution >= 4 is 32.9 Å². The summed E-state index contributed by atoms with van der Waals surface area (Å²) in [4.78, 5) is 0.481. The molecular weight excluding hydrogens is 304 g/mol. The molecule has 0 amide bonds. The van der Waals surface area contributed by atoms with Gasteiger partial charge in [0, 0.05) is 12.6 Å². The third-order valence-corrected chi connectivity index (χ3v) is 5.21. The summed E-state index contributed by atoms with van der Waals surface area (Å²) in [7, 11) is -2.09. The highest BCUT2D eigenvalue weighted by Gasteiger charge is 2.21. The van der Waals surface area contributed by atoms with Crippen LogP contribution in [0.2, 0.25) is 0 Å². The van der Waals surface area contributed by atoms with Crippen LogP contribution < -0.4 is 10.0 Å². The molecule has 0 saturated heterocycles. The van der Waals surface area contributed by atoms with Crippen molar-refractivity contribution in [1.29, 1.82) is 0 Å². The van der Waals surface area contributed by atoms with E-state index < -0.39 is 10.0 Å². The molecule has 2 N–H and O–H groups in total. The Morgan fingerprint density at radius 2 is 1.76 bits per heavy atom. The molecule has 0 heterocycles. The van der Waals surface area contributed by atoms with Gasteiger partial charge >= 0.3 is 0 Å². The lowest BCUT2D eigenvalue weighted by Gasteiger charge is -2.20. The quantitative estimate of drug-likeness (QED) is 0.879. The molecule has 0 bridgehead atoms. The minimum Gasteiger partial charge on any atom is -0.389 e. The van der Waals surface area contributed by atoms with Crippen LogP contribution in [0, 0.1) is 6.92 Å². The predicted octanol–water partition coefficient (Wildman–Crippen LogP) is 2.45. The molecule has 21 heavy (non-hydrogen) atoms. The van der Waals surface area contributed by atoms with Crippen molar-refractivity contribution in [3.8, 4) is 0 Å². The zero-order chi connectivity index (χ0) is 15.6. The lowest BCUT2D eigenvalue weighted by atomic mass is 10.2. The van der Waals surface area contributed by atoms with Gasteiger partial charge in [0.05, 0.1) is 10.6 Å². The van der Waals surface area contributed by atoms with Gasteiger partial charge in [0.25, 0.3) is 10.0 Å². The van der Waals surface area contributed by atoms with Crippen LogP contribution in [0.15, 0.2) is 53.4 Å². The summed E-state index contributed by atoms with van der Waals surface area (Å²) in [5.74, 6) is 0. The largest absolute Gasteiger partial charge is 0.389 e. The predicted molar refractivity (Wildman–Crippen MR) is 89.1 cm³/mol. The van der Waals surface area contributed by atoms with E-state index in [9.17, 15) is 8.42 Å². The van der Waals surface area contributed by atoms with Gasteiger partial charge in [0.2, 0.25) is 0 Å². The van der Waals surface area contributed by atoms with Crippen LogP contribution in [0.25, 0.3) is 0 Å². The van der Waals surface area contributed by atoms with Gasteiger partial charge in [-0.05, 0) is 31.2 Å². The number of hydrogen-bond acceptors (Lipinski definition) is 3. The van der Waals surface area contributed by atoms with Gasteiger partial charge in [-0.15, -0.1) is 0 Å². The zero-order valence-electron chi connectivity index (χ0n) is 11.8. The summed E-state index contributed by atoms with van der Waals surface area (Å²) in [5, 5.41) is 0. The Morgan fingerprint density at radius 1 is 1.14 bits per heavy atom. The topological polar surface area (TPSA) is 63.4 Å². The van der Waals surface area contributed by atoms with Crippen molar-refractivity contribution in [1.82, 2.24) is 0 Å². The van der Waals surface area contributed by atoms with E-state index >= 15 is 0 Å². The molecule has 0 saturated carbocycles. The summed E-state index contributed by atoms with van der Waals surface area (Å²) in [6, 6.07) is 13.6. The average molecular weight is 320 g/mol. The second kappa shape index (κ2) is 5.83. The van der Waals surface area contributed by atoms with E-state index in [4.69, 9.17) is 18.0 Å². The Morgan fingerprint density at radius 3 is 2.33 bits per heavy atom. The third-order valence-electron chi connectivity index (χ3n) is 3.17. The standard InChI is InChI=1S/C15H16N2O2S2/c1-11-6-8-14(9-7-11)21(18,19)17(2)13-5-3-4-12(10-13)15(16)20/h3-10H,1-2H3,(H2,16,20). The summed E-state index contributed by atoms with van der Waals surface area (Å²) < 4.78 is 26.4. The molecule has 110 valence electrons. The minimum absolute atomic E-state index is 0.234. The number of nitrogens with two attached hydrogens (primary N) is 1. The van der Waals surface area contributed by atoms with Gasteiger partial charge in [-0.3, -0.25) is 4.31 Å². The summed E-state index contributed by atoms with van der Waals surface area (Å²) >= 11 is 4.92. The van der Waals surface area contributed by atoms with E-state index in [1.54, 1.807) is 48.5 Å².